The first-order valence-electron chi connectivity index (χ1n) is 5.51. The van der Waals surface area contributed by atoms with Crippen LogP contribution in [0.5, 0.6) is 0 Å². The Hall–Kier alpha value is -0.810. The second-order valence-electron chi connectivity index (χ2n) is 4.21. The van der Waals surface area contributed by atoms with Gasteiger partial charge < -0.3 is 10.0 Å². The number of hydrogen-bond acceptors (Lipinski definition) is 5. The van der Waals surface area contributed by atoms with Crippen LogP contribution in [0.2, 0.25) is 0 Å². The molecule has 4 nitrogen and oxygen atoms in total. The highest BCUT2D eigenvalue weighted by Crippen LogP contribution is 2.26. The maximum atomic E-state index is 8.93. The number of thioether (sulfide) groups is 1. The van der Waals surface area contributed by atoms with E-state index in [2.05, 4.69) is 28.7 Å². The topological polar surface area (TPSA) is 49.2 Å². The molecule has 1 N–H and O–H groups in total. The maximum absolute atomic E-state index is 8.93. The van der Waals surface area contributed by atoms with Crippen LogP contribution in [0.4, 0.5) is 5.95 Å². The van der Waals surface area contributed by atoms with Gasteiger partial charge in [0, 0.05) is 41.5 Å². The van der Waals surface area contributed by atoms with Gasteiger partial charge in [-0.25, -0.2) is 9.97 Å². The minimum Gasteiger partial charge on any atom is -0.392 e. The summed E-state index contributed by atoms with van der Waals surface area (Å²) in [6.07, 6.45) is 3.39. The molecule has 0 radical (unpaired) electrons. The Morgan fingerprint density at radius 1 is 1.31 bits per heavy atom. The van der Waals surface area contributed by atoms with E-state index in [1.807, 2.05) is 11.8 Å². The Morgan fingerprint density at radius 2 is 1.88 bits per heavy atom. The largest absolute Gasteiger partial charge is 0.392 e. The molecule has 0 bridgehead atoms. The number of rotatable bonds is 2. The average Bonchev–Trinajstić information content (AvgIpc) is 2.28. The third-order valence-corrected chi connectivity index (χ3v) is 3.80. The first-order valence-corrected chi connectivity index (χ1v) is 6.45. The number of hydrogen-bond donors (Lipinski definition) is 1. The summed E-state index contributed by atoms with van der Waals surface area (Å²) in [6.45, 7) is 6.45. The van der Waals surface area contributed by atoms with E-state index in [1.165, 1.54) is 0 Å². The molecule has 2 unspecified atom stereocenters. The summed E-state index contributed by atoms with van der Waals surface area (Å²) < 4.78 is 0. The fourth-order valence-corrected chi connectivity index (χ4v) is 3.26. The molecule has 0 spiro atoms. The van der Waals surface area contributed by atoms with Gasteiger partial charge >= 0.3 is 0 Å². The minimum absolute atomic E-state index is 0.00291. The minimum atomic E-state index is 0.00291. The average molecular weight is 239 g/mol. The monoisotopic (exact) mass is 239 g/mol. The fraction of sp³-hybridized carbons (Fsp3) is 0.636. The van der Waals surface area contributed by atoms with Gasteiger partial charge in [0.15, 0.2) is 0 Å². The van der Waals surface area contributed by atoms with E-state index in [0.29, 0.717) is 10.5 Å². The summed E-state index contributed by atoms with van der Waals surface area (Å²) in [5.41, 5.74) is 0.760. The molecule has 1 saturated heterocycles. The standard InChI is InChI=1S/C11H17N3OS/c1-8-5-14(6-9(2)16-8)11-12-3-10(7-15)4-13-11/h3-4,8-9,15H,5-7H2,1-2H3. The molecule has 1 aliphatic heterocycles. The third kappa shape index (κ3) is 2.65. The van der Waals surface area contributed by atoms with E-state index in [0.717, 1.165) is 24.6 Å². The number of aliphatic hydroxyl groups excluding tert-OH is 1. The van der Waals surface area contributed by atoms with Gasteiger partial charge in [0.25, 0.3) is 0 Å². The molecule has 1 aliphatic rings. The van der Waals surface area contributed by atoms with Gasteiger partial charge in [0.2, 0.25) is 5.95 Å². The van der Waals surface area contributed by atoms with E-state index < -0.39 is 0 Å². The fourth-order valence-electron chi connectivity index (χ4n) is 1.93. The summed E-state index contributed by atoms with van der Waals surface area (Å²) in [4.78, 5) is 10.8. The van der Waals surface area contributed by atoms with Crippen molar-refractivity contribution in [3.8, 4) is 0 Å². The zero-order valence-electron chi connectivity index (χ0n) is 9.63. The molecule has 0 amide bonds. The Kier molecular flexibility index (Phi) is 3.66. The van der Waals surface area contributed by atoms with Crippen LogP contribution in [0, 0.1) is 0 Å². The van der Waals surface area contributed by atoms with Crippen molar-refractivity contribution in [2.24, 2.45) is 0 Å². The zero-order chi connectivity index (χ0) is 11.5. The van der Waals surface area contributed by atoms with Gasteiger partial charge in [0.1, 0.15) is 0 Å². The molecule has 16 heavy (non-hydrogen) atoms. The van der Waals surface area contributed by atoms with Gasteiger partial charge in [0.05, 0.1) is 6.61 Å². The van der Waals surface area contributed by atoms with Crippen LogP contribution in [-0.2, 0) is 6.61 Å². The van der Waals surface area contributed by atoms with E-state index in [9.17, 15) is 0 Å². The Balaban J connectivity index is 2.10. The molecule has 1 fully saturated rings. The van der Waals surface area contributed by atoms with Crippen molar-refractivity contribution in [1.29, 1.82) is 0 Å². The Morgan fingerprint density at radius 3 is 2.38 bits per heavy atom. The highest BCUT2D eigenvalue weighted by atomic mass is 32.2. The van der Waals surface area contributed by atoms with Crippen LogP contribution in [0.25, 0.3) is 0 Å². The smallest absolute Gasteiger partial charge is 0.225 e. The summed E-state index contributed by atoms with van der Waals surface area (Å²) in [7, 11) is 0. The molecular formula is C11H17N3OS. The van der Waals surface area contributed by atoms with Crippen molar-refractivity contribution in [1.82, 2.24) is 9.97 Å². The lowest BCUT2D eigenvalue weighted by atomic mass is 10.3. The molecule has 0 aliphatic carbocycles. The lowest BCUT2D eigenvalue weighted by Crippen LogP contribution is -2.41. The second-order valence-corrected chi connectivity index (χ2v) is 6.09. The number of anilines is 1. The van der Waals surface area contributed by atoms with Crippen LogP contribution < -0.4 is 4.90 Å². The first kappa shape index (κ1) is 11.7. The zero-order valence-corrected chi connectivity index (χ0v) is 10.4. The van der Waals surface area contributed by atoms with Crippen molar-refractivity contribution in [3.05, 3.63) is 18.0 Å². The molecule has 0 saturated carbocycles. The third-order valence-electron chi connectivity index (χ3n) is 2.58. The molecule has 1 aromatic heterocycles. The van der Waals surface area contributed by atoms with Crippen LogP contribution in [0.3, 0.4) is 0 Å². The van der Waals surface area contributed by atoms with E-state index in [4.69, 9.17) is 5.11 Å². The van der Waals surface area contributed by atoms with Gasteiger partial charge in [-0.15, -0.1) is 0 Å². The molecule has 2 rings (SSSR count). The number of nitrogens with zero attached hydrogens (tertiary/aromatic N) is 3. The molecular weight excluding hydrogens is 222 g/mol. The van der Waals surface area contributed by atoms with Crippen molar-refractivity contribution in [2.45, 2.75) is 31.0 Å². The number of aliphatic hydroxyl groups is 1. The van der Waals surface area contributed by atoms with E-state index in [-0.39, 0.29) is 6.61 Å². The molecule has 2 heterocycles. The van der Waals surface area contributed by atoms with E-state index >= 15 is 0 Å². The highest BCUT2D eigenvalue weighted by molar-refractivity contribution is 8.00. The van der Waals surface area contributed by atoms with E-state index in [1.54, 1.807) is 12.4 Å². The Bertz CT molecular complexity index is 334. The van der Waals surface area contributed by atoms with Gasteiger partial charge in [-0.05, 0) is 0 Å². The van der Waals surface area contributed by atoms with Crippen LogP contribution >= 0.6 is 11.8 Å². The highest BCUT2D eigenvalue weighted by Gasteiger charge is 2.23. The molecule has 2 atom stereocenters. The van der Waals surface area contributed by atoms with Crippen molar-refractivity contribution < 1.29 is 5.11 Å². The predicted molar refractivity (Wildman–Crippen MR) is 66.7 cm³/mol. The van der Waals surface area contributed by atoms with Crippen molar-refractivity contribution in [2.75, 3.05) is 18.0 Å². The lowest BCUT2D eigenvalue weighted by molar-refractivity contribution is 0.281. The van der Waals surface area contributed by atoms with Crippen LogP contribution in [-0.4, -0.2) is 38.7 Å². The summed E-state index contributed by atoms with van der Waals surface area (Å²) in [5.74, 6) is 0.774. The van der Waals surface area contributed by atoms with Crippen molar-refractivity contribution >= 4 is 17.7 Å². The molecule has 1 aromatic rings. The lowest BCUT2D eigenvalue weighted by Gasteiger charge is -2.34. The predicted octanol–water partition coefficient (Wildman–Crippen LogP) is 1.30. The summed E-state index contributed by atoms with van der Waals surface area (Å²) >= 11 is 2.01. The maximum Gasteiger partial charge on any atom is 0.225 e. The molecule has 5 heteroatoms. The number of aromatic nitrogens is 2. The quantitative estimate of drug-likeness (QED) is 0.843. The molecule has 88 valence electrons. The van der Waals surface area contributed by atoms with Crippen LogP contribution in [0.1, 0.15) is 19.4 Å². The first-order chi connectivity index (χ1) is 7.69. The van der Waals surface area contributed by atoms with Gasteiger partial charge in [-0.3, -0.25) is 0 Å². The summed E-state index contributed by atoms with van der Waals surface area (Å²) in [5, 5.41) is 10.2. The van der Waals surface area contributed by atoms with Gasteiger partial charge in [-0.1, -0.05) is 13.8 Å². The summed E-state index contributed by atoms with van der Waals surface area (Å²) in [6, 6.07) is 0. The van der Waals surface area contributed by atoms with Crippen molar-refractivity contribution in [3.63, 3.8) is 0 Å². The second kappa shape index (κ2) is 5.01. The molecule has 0 aromatic carbocycles. The Labute approximate surface area is 100 Å². The van der Waals surface area contributed by atoms with Gasteiger partial charge in [-0.2, -0.15) is 11.8 Å². The normalized spacial score (nSPS) is 25.8. The SMILES string of the molecule is CC1CN(c2ncc(CO)cn2)CC(C)S1. The van der Waals surface area contributed by atoms with Crippen LogP contribution in [0.15, 0.2) is 12.4 Å².